The Balaban J connectivity index is 1.52. The molecule has 0 radical (unpaired) electrons. The second-order valence-corrected chi connectivity index (χ2v) is 7.31. The zero-order valence-electron chi connectivity index (χ0n) is 12.4. The third-order valence-corrected chi connectivity index (χ3v) is 5.75. The van der Waals surface area contributed by atoms with Crippen molar-refractivity contribution >= 4 is 0 Å². The highest BCUT2D eigenvalue weighted by Crippen LogP contribution is 2.60. The van der Waals surface area contributed by atoms with Crippen LogP contribution in [0.5, 0.6) is 0 Å². The lowest BCUT2D eigenvalue weighted by atomic mass is 9.49. The van der Waals surface area contributed by atoms with Gasteiger partial charge in [-0.2, -0.15) is 4.98 Å². The van der Waals surface area contributed by atoms with Crippen molar-refractivity contribution in [3.63, 3.8) is 0 Å². The van der Waals surface area contributed by atoms with Gasteiger partial charge < -0.3 is 9.84 Å². The summed E-state index contributed by atoms with van der Waals surface area (Å²) >= 11 is 0. The molecule has 4 aliphatic carbocycles. The summed E-state index contributed by atoms with van der Waals surface area (Å²) in [7, 11) is 0. The summed E-state index contributed by atoms with van der Waals surface area (Å²) in [6.07, 6.45) is 9.17. The molecule has 1 N–H and O–H groups in total. The van der Waals surface area contributed by atoms with Crippen molar-refractivity contribution in [2.24, 2.45) is 17.8 Å². The van der Waals surface area contributed by atoms with E-state index in [0.717, 1.165) is 49.0 Å². The Hall–Kier alpha value is -0.900. The topological polar surface area (TPSA) is 51.0 Å². The minimum absolute atomic E-state index is 0.273. The van der Waals surface area contributed by atoms with Gasteiger partial charge in [-0.3, -0.25) is 0 Å². The normalized spacial score (nSPS) is 38.5. The Morgan fingerprint density at radius 2 is 1.80 bits per heavy atom. The molecule has 4 aliphatic rings. The van der Waals surface area contributed by atoms with E-state index in [0.29, 0.717) is 0 Å². The molecule has 4 nitrogen and oxygen atoms in total. The molecule has 0 amide bonds. The van der Waals surface area contributed by atoms with Crippen LogP contribution in [0.2, 0.25) is 0 Å². The Labute approximate surface area is 120 Å². The fraction of sp³-hybridized carbons (Fsp3) is 0.875. The summed E-state index contributed by atoms with van der Waals surface area (Å²) < 4.78 is 5.50. The summed E-state index contributed by atoms with van der Waals surface area (Å²) in [5.74, 6) is 4.65. The lowest BCUT2D eigenvalue weighted by Gasteiger charge is -2.55. The van der Waals surface area contributed by atoms with Gasteiger partial charge in [-0.25, -0.2) is 0 Å². The molecule has 4 heteroatoms. The van der Waals surface area contributed by atoms with Crippen molar-refractivity contribution in [2.75, 3.05) is 13.1 Å². The molecular formula is C16H25N3O. The molecule has 0 saturated heterocycles. The lowest BCUT2D eigenvalue weighted by Crippen LogP contribution is -2.49. The van der Waals surface area contributed by atoms with Crippen LogP contribution in [0.4, 0.5) is 0 Å². The molecule has 0 aromatic carbocycles. The summed E-state index contributed by atoms with van der Waals surface area (Å²) in [6.45, 7) is 4.05. The largest absolute Gasteiger partial charge is 0.339 e. The average molecular weight is 275 g/mol. The molecule has 1 heterocycles. The number of aromatic nitrogens is 2. The zero-order chi connectivity index (χ0) is 13.6. The lowest BCUT2D eigenvalue weighted by molar-refractivity contribution is -0.0103. The van der Waals surface area contributed by atoms with Crippen molar-refractivity contribution in [3.05, 3.63) is 11.7 Å². The predicted molar refractivity (Wildman–Crippen MR) is 76.4 cm³/mol. The van der Waals surface area contributed by atoms with Gasteiger partial charge in [0.15, 0.2) is 5.82 Å². The molecule has 4 bridgehead atoms. The maximum atomic E-state index is 5.50. The minimum atomic E-state index is 0.273. The number of likely N-dealkylation sites (N-methyl/N-ethyl adjacent to an activating group) is 1. The van der Waals surface area contributed by atoms with Gasteiger partial charge in [0.25, 0.3) is 0 Å². The number of hydrogen-bond donors (Lipinski definition) is 1. The summed E-state index contributed by atoms with van der Waals surface area (Å²) in [6, 6.07) is 0. The minimum Gasteiger partial charge on any atom is -0.339 e. The standard InChI is InChI=1S/C16H25N3O/c1-2-17-4-3-14-18-15(19-20-14)16-8-11-5-12(9-16)7-13(6-11)10-16/h11-13,17H,2-10H2,1H3. The van der Waals surface area contributed by atoms with Crippen LogP contribution >= 0.6 is 0 Å². The fourth-order valence-corrected chi connectivity index (χ4v) is 5.33. The van der Waals surface area contributed by atoms with Gasteiger partial charge in [0.1, 0.15) is 0 Å². The molecule has 4 fully saturated rings. The molecule has 1 aromatic rings. The van der Waals surface area contributed by atoms with Gasteiger partial charge >= 0.3 is 0 Å². The van der Waals surface area contributed by atoms with Crippen molar-refractivity contribution in [3.8, 4) is 0 Å². The first-order chi connectivity index (χ1) is 9.77. The average Bonchev–Trinajstić information content (AvgIpc) is 2.87. The monoisotopic (exact) mass is 275 g/mol. The fourth-order valence-electron chi connectivity index (χ4n) is 5.33. The quantitative estimate of drug-likeness (QED) is 0.839. The smallest absolute Gasteiger partial charge is 0.227 e. The highest BCUT2D eigenvalue weighted by Gasteiger charge is 2.53. The van der Waals surface area contributed by atoms with Crippen LogP contribution in [0.25, 0.3) is 0 Å². The third-order valence-electron chi connectivity index (χ3n) is 5.75. The van der Waals surface area contributed by atoms with E-state index in [1.165, 1.54) is 38.5 Å². The van der Waals surface area contributed by atoms with E-state index in [4.69, 9.17) is 9.51 Å². The van der Waals surface area contributed by atoms with Crippen molar-refractivity contribution in [1.82, 2.24) is 15.5 Å². The molecule has 5 rings (SSSR count). The maximum absolute atomic E-state index is 5.50. The summed E-state index contributed by atoms with van der Waals surface area (Å²) in [5, 5.41) is 7.68. The molecule has 0 unspecified atom stereocenters. The highest BCUT2D eigenvalue weighted by atomic mass is 16.5. The first-order valence-electron chi connectivity index (χ1n) is 8.31. The molecular weight excluding hydrogens is 250 g/mol. The van der Waals surface area contributed by atoms with Crippen LogP contribution in [0.3, 0.4) is 0 Å². The van der Waals surface area contributed by atoms with Crippen molar-refractivity contribution < 1.29 is 4.52 Å². The molecule has 1 aromatic heterocycles. The van der Waals surface area contributed by atoms with Gasteiger partial charge in [0.2, 0.25) is 5.89 Å². The maximum Gasteiger partial charge on any atom is 0.227 e. The Bertz CT molecular complexity index is 447. The van der Waals surface area contributed by atoms with E-state index in [1.807, 2.05) is 0 Å². The van der Waals surface area contributed by atoms with Crippen molar-refractivity contribution in [2.45, 2.75) is 57.3 Å². The molecule has 4 saturated carbocycles. The van der Waals surface area contributed by atoms with E-state index in [-0.39, 0.29) is 5.41 Å². The first kappa shape index (κ1) is 12.8. The van der Waals surface area contributed by atoms with Gasteiger partial charge in [0.05, 0.1) is 0 Å². The molecule has 0 aliphatic heterocycles. The van der Waals surface area contributed by atoms with E-state index in [1.54, 1.807) is 0 Å². The second-order valence-electron chi connectivity index (χ2n) is 7.31. The van der Waals surface area contributed by atoms with Gasteiger partial charge in [-0.05, 0) is 62.8 Å². The summed E-state index contributed by atoms with van der Waals surface area (Å²) in [5.41, 5.74) is 0.273. The predicted octanol–water partition coefficient (Wildman–Crippen LogP) is 2.69. The summed E-state index contributed by atoms with van der Waals surface area (Å²) in [4.78, 5) is 4.75. The van der Waals surface area contributed by atoms with Crippen LogP contribution in [0, 0.1) is 17.8 Å². The molecule has 0 atom stereocenters. The van der Waals surface area contributed by atoms with Crippen LogP contribution in [0.1, 0.15) is 57.2 Å². The van der Waals surface area contributed by atoms with E-state index in [2.05, 4.69) is 17.4 Å². The van der Waals surface area contributed by atoms with Crippen molar-refractivity contribution in [1.29, 1.82) is 0 Å². The van der Waals surface area contributed by atoms with Gasteiger partial charge in [-0.15, -0.1) is 0 Å². The number of rotatable bonds is 5. The molecule has 110 valence electrons. The molecule has 0 spiro atoms. The third kappa shape index (κ3) is 2.09. The molecule has 20 heavy (non-hydrogen) atoms. The van der Waals surface area contributed by atoms with Gasteiger partial charge in [-0.1, -0.05) is 12.1 Å². The van der Waals surface area contributed by atoms with Crippen LogP contribution in [0.15, 0.2) is 4.52 Å². The van der Waals surface area contributed by atoms with Crippen LogP contribution in [-0.4, -0.2) is 23.2 Å². The Kier molecular flexibility index (Phi) is 3.09. The first-order valence-corrected chi connectivity index (χ1v) is 8.31. The number of nitrogens with one attached hydrogen (secondary N) is 1. The van der Waals surface area contributed by atoms with E-state index < -0.39 is 0 Å². The zero-order valence-corrected chi connectivity index (χ0v) is 12.4. The Morgan fingerprint density at radius 1 is 1.15 bits per heavy atom. The SMILES string of the molecule is CCNCCc1nc(C23CC4CC(CC(C4)C2)C3)no1. The van der Waals surface area contributed by atoms with Crippen LogP contribution < -0.4 is 5.32 Å². The van der Waals surface area contributed by atoms with Gasteiger partial charge in [0, 0.05) is 18.4 Å². The number of nitrogens with zero attached hydrogens (tertiary/aromatic N) is 2. The highest BCUT2D eigenvalue weighted by molar-refractivity contribution is 5.16. The van der Waals surface area contributed by atoms with Crippen LogP contribution in [-0.2, 0) is 11.8 Å². The Morgan fingerprint density at radius 3 is 2.40 bits per heavy atom. The van der Waals surface area contributed by atoms with E-state index >= 15 is 0 Å². The van der Waals surface area contributed by atoms with E-state index in [9.17, 15) is 0 Å². The number of hydrogen-bond acceptors (Lipinski definition) is 4. The second kappa shape index (κ2) is 4.83.